The Morgan fingerprint density at radius 2 is 1.91 bits per heavy atom. The third-order valence-electron chi connectivity index (χ3n) is 3.91. The van der Waals surface area contributed by atoms with Gasteiger partial charge in [-0.25, -0.2) is 0 Å². The van der Waals surface area contributed by atoms with Crippen LogP contribution in [0.3, 0.4) is 0 Å². The zero-order chi connectivity index (χ0) is 17.2. The fourth-order valence-corrected chi connectivity index (χ4v) is 2.77. The molecule has 0 bridgehead atoms. The highest BCUT2D eigenvalue weighted by atomic mass is 16.3. The van der Waals surface area contributed by atoms with Gasteiger partial charge >= 0.3 is 0 Å². The molecule has 0 spiro atoms. The summed E-state index contributed by atoms with van der Waals surface area (Å²) in [6.07, 6.45) is 0. The number of carbonyl (C=O) groups excluding carboxylic acids is 1. The second kappa shape index (κ2) is 4.67. The Morgan fingerprint density at radius 1 is 1.26 bits per heavy atom. The molecule has 1 aliphatic heterocycles. The van der Waals surface area contributed by atoms with Crippen LogP contribution in [0.15, 0.2) is 10.9 Å². The van der Waals surface area contributed by atoms with E-state index in [4.69, 9.17) is 0 Å². The molecule has 2 aromatic rings. The number of aromatic amines is 1. The van der Waals surface area contributed by atoms with E-state index in [0.717, 1.165) is 5.69 Å². The molecule has 1 aliphatic rings. The SMILES string of the molecule is CC(C)(O)CN1Cc2c([nH]c3cc(C(C)(C)C)nn3c2=O)C1=O. The van der Waals surface area contributed by atoms with E-state index in [0.29, 0.717) is 16.9 Å². The van der Waals surface area contributed by atoms with Gasteiger partial charge in [0, 0.05) is 18.0 Å². The van der Waals surface area contributed by atoms with Crippen molar-refractivity contribution in [2.24, 2.45) is 0 Å². The molecule has 2 aromatic heterocycles. The van der Waals surface area contributed by atoms with Gasteiger partial charge < -0.3 is 15.0 Å². The van der Waals surface area contributed by atoms with E-state index in [1.807, 2.05) is 20.8 Å². The second-order valence-corrected chi connectivity index (χ2v) is 7.83. The average molecular weight is 318 g/mol. The lowest BCUT2D eigenvalue weighted by molar-refractivity contribution is 0.0312. The van der Waals surface area contributed by atoms with Crippen molar-refractivity contribution < 1.29 is 9.90 Å². The molecule has 2 N–H and O–H groups in total. The van der Waals surface area contributed by atoms with Gasteiger partial charge in [-0.1, -0.05) is 20.8 Å². The number of nitrogens with zero attached hydrogens (tertiary/aromatic N) is 3. The number of rotatable bonds is 2. The number of hydrogen-bond acceptors (Lipinski definition) is 4. The first-order valence-electron chi connectivity index (χ1n) is 7.64. The van der Waals surface area contributed by atoms with Crippen LogP contribution in [0.25, 0.3) is 5.65 Å². The number of nitrogens with one attached hydrogen (secondary N) is 1. The smallest absolute Gasteiger partial charge is 0.280 e. The molecule has 0 saturated carbocycles. The van der Waals surface area contributed by atoms with E-state index in [-0.39, 0.29) is 30.0 Å². The van der Waals surface area contributed by atoms with Crippen molar-refractivity contribution in [3.63, 3.8) is 0 Å². The molecule has 0 radical (unpaired) electrons. The summed E-state index contributed by atoms with van der Waals surface area (Å²) in [5.41, 5.74) is 0.513. The van der Waals surface area contributed by atoms with Gasteiger partial charge in [0.05, 0.1) is 23.4 Å². The first kappa shape index (κ1) is 15.7. The van der Waals surface area contributed by atoms with Crippen LogP contribution in [0.1, 0.15) is 56.4 Å². The highest BCUT2D eigenvalue weighted by molar-refractivity contribution is 5.96. The van der Waals surface area contributed by atoms with Crippen molar-refractivity contribution >= 4 is 11.6 Å². The topological polar surface area (TPSA) is 90.7 Å². The molecule has 7 heteroatoms. The molecule has 3 rings (SSSR count). The zero-order valence-corrected chi connectivity index (χ0v) is 14.1. The van der Waals surface area contributed by atoms with Gasteiger partial charge in [-0.3, -0.25) is 9.59 Å². The molecular weight excluding hydrogens is 296 g/mol. The molecule has 23 heavy (non-hydrogen) atoms. The van der Waals surface area contributed by atoms with Gasteiger partial charge in [0.1, 0.15) is 11.3 Å². The predicted octanol–water partition coefficient (Wildman–Crippen LogP) is 1.05. The van der Waals surface area contributed by atoms with Crippen LogP contribution in [0, 0.1) is 0 Å². The summed E-state index contributed by atoms with van der Waals surface area (Å²) in [5.74, 6) is -0.264. The minimum absolute atomic E-state index is 0.170. The lowest BCUT2D eigenvalue weighted by atomic mass is 9.93. The number of hydrogen-bond donors (Lipinski definition) is 2. The molecule has 0 aliphatic carbocycles. The monoisotopic (exact) mass is 318 g/mol. The summed E-state index contributed by atoms with van der Waals surface area (Å²) in [7, 11) is 0. The summed E-state index contributed by atoms with van der Waals surface area (Å²) in [6, 6.07) is 1.80. The number of β-amino-alcohol motifs (C(OH)–C–C–N with tert-alkyl or cyclic N) is 1. The van der Waals surface area contributed by atoms with Crippen molar-refractivity contribution in [3.05, 3.63) is 33.4 Å². The van der Waals surface area contributed by atoms with E-state index >= 15 is 0 Å². The highest BCUT2D eigenvalue weighted by Crippen LogP contribution is 2.24. The molecule has 0 unspecified atom stereocenters. The summed E-state index contributed by atoms with van der Waals surface area (Å²) in [4.78, 5) is 29.7. The predicted molar refractivity (Wildman–Crippen MR) is 85.6 cm³/mol. The summed E-state index contributed by atoms with van der Waals surface area (Å²) >= 11 is 0. The van der Waals surface area contributed by atoms with Crippen molar-refractivity contribution in [3.8, 4) is 0 Å². The first-order valence-corrected chi connectivity index (χ1v) is 7.64. The molecule has 1 amide bonds. The lowest BCUT2D eigenvalue weighted by Gasteiger charge is -2.24. The minimum Gasteiger partial charge on any atom is -0.389 e. The number of amides is 1. The van der Waals surface area contributed by atoms with Gasteiger partial charge in [0.15, 0.2) is 0 Å². The fraction of sp³-hybridized carbons (Fsp3) is 0.562. The van der Waals surface area contributed by atoms with Gasteiger partial charge in [0.25, 0.3) is 11.5 Å². The maximum Gasteiger partial charge on any atom is 0.280 e. The van der Waals surface area contributed by atoms with Gasteiger partial charge in [-0.15, -0.1) is 0 Å². The Kier molecular flexibility index (Phi) is 3.20. The van der Waals surface area contributed by atoms with Gasteiger partial charge in [-0.05, 0) is 13.8 Å². The summed E-state index contributed by atoms with van der Waals surface area (Å²) < 4.78 is 1.32. The van der Waals surface area contributed by atoms with Crippen LogP contribution in [0.4, 0.5) is 0 Å². The van der Waals surface area contributed by atoms with Gasteiger partial charge in [0.2, 0.25) is 0 Å². The summed E-state index contributed by atoms with van der Waals surface area (Å²) in [5, 5.41) is 14.3. The quantitative estimate of drug-likeness (QED) is 0.866. The van der Waals surface area contributed by atoms with Crippen LogP contribution < -0.4 is 5.56 Å². The fourth-order valence-electron chi connectivity index (χ4n) is 2.77. The Morgan fingerprint density at radius 3 is 2.48 bits per heavy atom. The first-order chi connectivity index (χ1) is 10.5. The Balaban J connectivity index is 2.09. The van der Waals surface area contributed by atoms with E-state index in [1.165, 1.54) is 9.42 Å². The number of fused-ring (bicyclic) bond motifs is 2. The van der Waals surface area contributed by atoms with Crippen molar-refractivity contribution in [1.82, 2.24) is 19.5 Å². The van der Waals surface area contributed by atoms with Crippen LogP contribution in [-0.2, 0) is 12.0 Å². The maximum absolute atomic E-state index is 12.7. The Labute approximate surface area is 133 Å². The number of aromatic nitrogens is 3. The third-order valence-corrected chi connectivity index (χ3v) is 3.91. The van der Waals surface area contributed by atoms with Crippen LogP contribution in [0.5, 0.6) is 0 Å². The normalized spacial score (nSPS) is 15.6. The molecule has 0 saturated heterocycles. The van der Waals surface area contributed by atoms with Crippen molar-refractivity contribution in [1.29, 1.82) is 0 Å². The number of aliphatic hydroxyl groups is 1. The molecule has 0 aromatic carbocycles. The van der Waals surface area contributed by atoms with Crippen molar-refractivity contribution in [2.75, 3.05) is 6.54 Å². The highest BCUT2D eigenvalue weighted by Gasteiger charge is 2.34. The number of H-pyrrole nitrogens is 1. The molecule has 3 heterocycles. The van der Waals surface area contributed by atoms with Gasteiger partial charge in [-0.2, -0.15) is 9.61 Å². The Hall–Kier alpha value is -2.15. The molecule has 7 nitrogen and oxygen atoms in total. The lowest BCUT2D eigenvalue weighted by Crippen LogP contribution is -2.38. The van der Waals surface area contributed by atoms with Crippen molar-refractivity contribution in [2.45, 2.75) is 52.2 Å². The second-order valence-electron chi connectivity index (χ2n) is 7.83. The molecule has 0 atom stereocenters. The standard InChI is InChI=1S/C16H22N4O3/c1-15(2,3)10-6-11-17-12-9(13(21)20(11)18-10)7-19(14(12)22)8-16(4,5)23/h6,17,23H,7-8H2,1-5H3. The van der Waals surface area contributed by atoms with E-state index < -0.39 is 5.60 Å². The molecule has 124 valence electrons. The number of carbonyl (C=O) groups is 1. The van der Waals surface area contributed by atoms with E-state index in [1.54, 1.807) is 19.9 Å². The van der Waals surface area contributed by atoms with Crippen LogP contribution in [-0.4, -0.2) is 42.7 Å². The molecular formula is C16H22N4O3. The Bertz CT molecular complexity index is 849. The average Bonchev–Trinajstić information content (AvgIpc) is 2.93. The minimum atomic E-state index is -1.01. The largest absolute Gasteiger partial charge is 0.389 e. The third kappa shape index (κ3) is 2.65. The maximum atomic E-state index is 12.7. The van der Waals surface area contributed by atoms with Crippen LogP contribution in [0.2, 0.25) is 0 Å². The van der Waals surface area contributed by atoms with Crippen LogP contribution >= 0.6 is 0 Å². The zero-order valence-electron chi connectivity index (χ0n) is 14.1. The van der Waals surface area contributed by atoms with E-state index in [9.17, 15) is 14.7 Å². The van der Waals surface area contributed by atoms with E-state index in [2.05, 4.69) is 10.1 Å². The molecule has 0 fully saturated rings. The summed E-state index contributed by atoms with van der Waals surface area (Å²) in [6.45, 7) is 9.67.